The zero-order valence-corrected chi connectivity index (χ0v) is 38.3. The number of nitriles is 2. The maximum Gasteiger partial charge on any atom is 0.340 e. The lowest BCUT2D eigenvalue weighted by atomic mass is 9.98. The lowest BCUT2D eigenvalue weighted by Crippen LogP contribution is -2.55. The highest BCUT2D eigenvalue weighted by atomic mass is 32.2. The number of sulfonamides is 2. The van der Waals surface area contributed by atoms with Gasteiger partial charge < -0.3 is 19.3 Å². The number of hydrogen-bond acceptors (Lipinski definition) is 16. The topological polar surface area (TPSA) is 259 Å². The molecule has 4 aromatic rings. The van der Waals surface area contributed by atoms with Crippen molar-refractivity contribution in [1.82, 2.24) is 19.4 Å². The molecule has 0 radical (unpaired) electrons. The Hall–Kier alpha value is -7.11. The van der Waals surface area contributed by atoms with Crippen LogP contribution in [0.15, 0.2) is 54.6 Å². The predicted octanol–water partition coefficient (Wildman–Crippen LogP) is 3.97. The molecule has 2 aromatic carbocycles. The SMILES string of the molecule is CCOC(=O)c1cc(C#N)c(N2CC(C(=O)NS(=O)(=O)Cc3ccc(F)cc3)C2)nc1CC.CCOC(=O)c1cc(C#N)c(N2CC(C(=O)NS(=O)(=O)Cc3ccc(F)cc3F)C2)nc1CC. The number of pyridine rings is 2. The number of carbonyl (C=O) groups is 4. The summed E-state index contributed by atoms with van der Waals surface area (Å²) in [5.74, 6) is -6.93. The van der Waals surface area contributed by atoms with Gasteiger partial charge in [-0.25, -0.2) is 49.6 Å². The standard InChI is InChI=1S/C22H22F2N4O5S.C22H23FN4O5S/c1-3-19-17(22(30)33-4-2)7-14(9-25)20(26-19)28-10-15(11-28)21(29)27-34(31,32)12-13-5-6-16(23)8-18(13)24;1-3-19-18(22(29)32-4-2)9-15(10-24)20(25-19)27-11-16(12-27)21(28)26-33(30,31)13-14-5-7-17(23)8-6-14/h5-8,15H,3-4,10-12H2,1-2H3,(H,27,29);5-9,16H,3-4,11-13H2,1-2H3,(H,26,28). The Kier molecular flexibility index (Phi) is 16.6. The Morgan fingerprint density at radius 2 is 1.07 bits per heavy atom. The Bertz CT molecular complexity index is 2860. The molecule has 0 atom stereocenters. The molecule has 6 rings (SSSR count). The zero-order valence-electron chi connectivity index (χ0n) is 36.6. The summed E-state index contributed by atoms with van der Waals surface area (Å²) in [6.07, 6.45) is 0.842. The summed E-state index contributed by atoms with van der Waals surface area (Å²) in [4.78, 5) is 61.3. The lowest BCUT2D eigenvalue weighted by Gasteiger charge is -2.39. The number of aromatic nitrogens is 2. The molecule has 0 spiro atoms. The zero-order chi connectivity index (χ0) is 49.2. The normalized spacial score (nSPS) is 13.7. The molecule has 2 aliphatic rings. The summed E-state index contributed by atoms with van der Waals surface area (Å²) >= 11 is 0. The van der Waals surface area contributed by atoms with Gasteiger partial charge in [-0.3, -0.25) is 19.0 Å². The van der Waals surface area contributed by atoms with Gasteiger partial charge in [0.05, 0.1) is 70.2 Å². The van der Waals surface area contributed by atoms with Crippen molar-refractivity contribution >= 4 is 55.4 Å². The number of ether oxygens (including phenoxy) is 2. The van der Waals surface area contributed by atoms with E-state index >= 15 is 0 Å². The number of aryl methyl sites for hydroxylation is 2. The van der Waals surface area contributed by atoms with Crippen LogP contribution >= 0.6 is 0 Å². The molecule has 354 valence electrons. The van der Waals surface area contributed by atoms with E-state index in [1.807, 2.05) is 28.5 Å². The van der Waals surface area contributed by atoms with Crippen molar-refractivity contribution in [2.75, 3.05) is 49.2 Å². The first-order chi connectivity index (χ1) is 31.7. The van der Waals surface area contributed by atoms with Crippen LogP contribution in [0.25, 0.3) is 0 Å². The maximum absolute atomic E-state index is 13.8. The van der Waals surface area contributed by atoms with Crippen molar-refractivity contribution in [3.8, 4) is 12.1 Å². The van der Waals surface area contributed by atoms with Crippen LogP contribution in [0.5, 0.6) is 0 Å². The van der Waals surface area contributed by atoms with Gasteiger partial charge in [0.2, 0.25) is 31.9 Å². The fourth-order valence-electron chi connectivity index (χ4n) is 6.86. The van der Waals surface area contributed by atoms with Crippen LogP contribution in [-0.4, -0.2) is 89.9 Å². The molecule has 23 heteroatoms. The van der Waals surface area contributed by atoms with E-state index in [-0.39, 0.29) is 73.0 Å². The minimum Gasteiger partial charge on any atom is -0.462 e. The van der Waals surface area contributed by atoms with Crippen LogP contribution < -0.4 is 19.2 Å². The van der Waals surface area contributed by atoms with Gasteiger partial charge in [-0.05, 0) is 62.6 Å². The van der Waals surface area contributed by atoms with Crippen molar-refractivity contribution in [3.63, 3.8) is 0 Å². The van der Waals surface area contributed by atoms with E-state index in [1.165, 1.54) is 24.3 Å². The first-order valence-corrected chi connectivity index (χ1v) is 24.0. The minimum atomic E-state index is -4.22. The fourth-order valence-corrected chi connectivity index (χ4v) is 9.23. The fraction of sp³-hybridized carbons (Fsp3) is 0.364. The van der Waals surface area contributed by atoms with Crippen LogP contribution in [0.4, 0.5) is 24.8 Å². The third-order valence-corrected chi connectivity index (χ3v) is 12.7. The average Bonchev–Trinajstić information content (AvgIpc) is 3.23. The Morgan fingerprint density at radius 3 is 1.46 bits per heavy atom. The van der Waals surface area contributed by atoms with Crippen molar-refractivity contribution in [1.29, 1.82) is 10.5 Å². The van der Waals surface area contributed by atoms with E-state index in [9.17, 15) is 59.7 Å². The van der Waals surface area contributed by atoms with Gasteiger partial charge in [0.25, 0.3) is 0 Å². The number of benzene rings is 2. The van der Waals surface area contributed by atoms with Gasteiger partial charge in [0.15, 0.2) is 0 Å². The predicted molar refractivity (Wildman–Crippen MR) is 234 cm³/mol. The van der Waals surface area contributed by atoms with E-state index < -0.39 is 84.6 Å². The third-order valence-electron chi connectivity index (χ3n) is 10.3. The molecular formula is C44H45F3N8O10S2. The van der Waals surface area contributed by atoms with Crippen molar-refractivity contribution < 1.29 is 58.7 Å². The molecule has 2 amide bonds. The number of rotatable bonds is 16. The Labute approximate surface area is 384 Å². The molecule has 0 bridgehead atoms. The number of esters is 2. The summed E-state index contributed by atoms with van der Waals surface area (Å²) in [5.41, 5.74) is 1.69. The number of amides is 2. The Morgan fingerprint density at radius 1 is 0.657 bits per heavy atom. The third kappa shape index (κ3) is 12.8. The van der Waals surface area contributed by atoms with Crippen LogP contribution in [0.2, 0.25) is 0 Å². The monoisotopic (exact) mass is 966 g/mol. The number of carbonyl (C=O) groups excluding carboxylic acids is 4. The van der Waals surface area contributed by atoms with E-state index in [0.29, 0.717) is 41.7 Å². The molecule has 0 unspecified atom stereocenters. The first-order valence-electron chi connectivity index (χ1n) is 20.7. The summed E-state index contributed by atoms with van der Waals surface area (Å²) < 4.78 is 103. The van der Waals surface area contributed by atoms with Gasteiger partial charge in [-0.1, -0.05) is 32.0 Å². The molecule has 2 fully saturated rings. The smallest absolute Gasteiger partial charge is 0.340 e. The van der Waals surface area contributed by atoms with E-state index in [4.69, 9.17) is 9.47 Å². The van der Waals surface area contributed by atoms with Gasteiger partial charge in [0, 0.05) is 37.8 Å². The van der Waals surface area contributed by atoms with Crippen molar-refractivity contribution in [2.24, 2.45) is 11.8 Å². The summed E-state index contributed by atoms with van der Waals surface area (Å²) in [6, 6.07) is 14.3. The highest BCUT2D eigenvalue weighted by Crippen LogP contribution is 2.30. The Balaban J connectivity index is 0.000000251. The average molecular weight is 967 g/mol. The molecule has 2 N–H and O–H groups in total. The molecule has 2 aliphatic heterocycles. The van der Waals surface area contributed by atoms with Gasteiger partial charge >= 0.3 is 11.9 Å². The van der Waals surface area contributed by atoms with Crippen molar-refractivity contribution in [3.05, 3.63) is 117 Å². The summed E-state index contributed by atoms with van der Waals surface area (Å²) in [7, 11) is -8.17. The highest BCUT2D eigenvalue weighted by Gasteiger charge is 2.38. The molecule has 0 aliphatic carbocycles. The van der Waals surface area contributed by atoms with Crippen LogP contribution in [0.1, 0.15) is 82.1 Å². The van der Waals surface area contributed by atoms with Gasteiger partial charge in [0.1, 0.15) is 41.2 Å². The summed E-state index contributed by atoms with van der Waals surface area (Å²) in [5, 5.41) is 19.0. The van der Waals surface area contributed by atoms with E-state index in [2.05, 4.69) is 9.97 Å². The quantitative estimate of drug-likeness (QED) is 0.151. The molecule has 67 heavy (non-hydrogen) atoms. The van der Waals surface area contributed by atoms with Crippen molar-refractivity contribution in [2.45, 2.75) is 52.0 Å². The molecule has 18 nitrogen and oxygen atoms in total. The maximum atomic E-state index is 13.8. The highest BCUT2D eigenvalue weighted by molar-refractivity contribution is 7.89. The second kappa shape index (κ2) is 21.9. The number of nitrogens with zero attached hydrogens (tertiary/aromatic N) is 6. The molecule has 4 heterocycles. The minimum absolute atomic E-state index is 0.0931. The van der Waals surface area contributed by atoms with Crippen LogP contribution in [0.3, 0.4) is 0 Å². The second-order valence-corrected chi connectivity index (χ2v) is 18.5. The number of nitrogens with one attached hydrogen (secondary N) is 2. The molecular weight excluding hydrogens is 922 g/mol. The van der Waals surface area contributed by atoms with E-state index in [0.717, 1.165) is 24.3 Å². The number of hydrogen-bond donors (Lipinski definition) is 2. The van der Waals surface area contributed by atoms with Crippen LogP contribution in [-0.2, 0) is 63.5 Å². The van der Waals surface area contributed by atoms with Gasteiger partial charge in [-0.2, -0.15) is 10.5 Å². The second-order valence-electron chi connectivity index (χ2n) is 15.1. The first kappa shape index (κ1) is 50.9. The molecule has 0 saturated carbocycles. The van der Waals surface area contributed by atoms with Crippen LogP contribution in [0, 0.1) is 51.9 Å². The number of anilines is 2. The number of halogens is 3. The van der Waals surface area contributed by atoms with Gasteiger partial charge in [-0.15, -0.1) is 0 Å². The molecule has 2 aromatic heterocycles. The van der Waals surface area contributed by atoms with E-state index in [1.54, 1.807) is 30.6 Å². The summed E-state index contributed by atoms with van der Waals surface area (Å²) in [6.45, 7) is 7.85. The lowest BCUT2D eigenvalue weighted by molar-refractivity contribution is -0.124. The molecule has 2 saturated heterocycles. The largest absolute Gasteiger partial charge is 0.462 e.